The van der Waals surface area contributed by atoms with Crippen LogP contribution in [0.5, 0.6) is 5.75 Å². The minimum absolute atomic E-state index is 0.00844. The number of para-hydroxylation sites is 3. The van der Waals surface area contributed by atoms with Crippen molar-refractivity contribution in [2.75, 3.05) is 26.3 Å². The molecule has 0 atom stereocenters. The van der Waals surface area contributed by atoms with Gasteiger partial charge in [-0.25, -0.2) is 4.98 Å². The van der Waals surface area contributed by atoms with Crippen LogP contribution >= 0.6 is 0 Å². The molecule has 150 valence electrons. The van der Waals surface area contributed by atoms with Gasteiger partial charge in [0.05, 0.1) is 29.8 Å². The Hall–Kier alpha value is -3.26. The molecule has 0 bridgehead atoms. The summed E-state index contributed by atoms with van der Waals surface area (Å²) in [5, 5.41) is 0. The molecule has 0 radical (unpaired) electrons. The smallest absolute Gasteiger partial charge is 0.387 e. The van der Waals surface area contributed by atoms with E-state index in [4.69, 9.17) is 4.74 Å². The van der Waals surface area contributed by atoms with Crippen LogP contribution in [0.2, 0.25) is 0 Å². The highest BCUT2D eigenvalue weighted by Crippen LogP contribution is 2.27. The zero-order chi connectivity index (χ0) is 20.2. The molecule has 1 N–H and O–H groups in total. The van der Waals surface area contributed by atoms with Gasteiger partial charge in [0, 0.05) is 18.7 Å². The van der Waals surface area contributed by atoms with Gasteiger partial charge in [-0.1, -0.05) is 30.3 Å². The van der Waals surface area contributed by atoms with Crippen LogP contribution in [0.15, 0.2) is 48.5 Å². The highest BCUT2D eigenvalue weighted by atomic mass is 19.3. The number of alkyl halides is 2. The predicted molar refractivity (Wildman–Crippen MR) is 104 cm³/mol. The molecule has 2 heterocycles. The van der Waals surface area contributed by atoms with Crippen molar-refractivity contribution in [2.24, 2.45) is 0 Å². The van der Waals surface area contributed by atoms with E-state index in [2.05, 4.69) is 14.7 Å². The number of carbonyl (C=O) groups is 1. The second-order valence-electron chi connectivity index (χ2n) is 6.48. The van der Waals surface area contributed by atoms with E-state index in [0.29, 0.717) is 43.2 Å². The SMILES string of the molecule is O=C(/C(=C/c1ccccc1OC(F)F)c1nc2ccccc2[nH]1)N1CCOCC1. The summed E-state index contributed by atoms with van der Waals surface area (Å²) in [7, 11) is 0. The zero-order valence-corrected chi connectivity index (χ0v) is 15.5. The van der Waals surface area contributed by atoms with Crippen molar-refractivity contribution >= 4 is 28.6 Å². The van der Waals surface area contributed by atoms with E-state index in [-0.39, 0.29) is 17.2 Å². The average Bonchev–Trinajstić information content (AvgIpc) is 3.17. The first kappa shape index (κ1) is 19.1. The predicted octanol–water partition coefficient (Wildman–Crippen LogP) is 3.56. The summed E-state index contributed by atoms with van der Waals surface area (Å²) < 4.78 is 35.5. The van der Waals surface area contributed by atoms with Crippen molar-refractivity contribution in [1.82, 2.24) is 14.9 Å². The highest BCUT2D eigenvalue weighted by Gasteiger charge is 2.24. The lowest BCUT2D eigenvalue weighted by Gasteiger charge is -2.27. The Morgan fingerprint density at radius 3 is 2.62 bits per heavy atom. The molecule has 2 aromatic carbocycles. The lowest BCUT2D eigenvalue weighted by Crippen LogP contribution is -2.41. The molecule has 8 heteroatoms. The van der Waals surface area contributed by atoms with E-state index in [9.17, 15) is 13.6 Å². The number of H-pyrrole nitrogens is 1. The molecule has 0 unspecified atom stereocenters. The van der Waals surface area contributed by atoms with Gasteiger partial charge in [0.1, 0.15) is 11.6 Å². The second kappa shape index (κ2) is 8.40. The third-order valence-corrected chi connectivity index (χ3v) is 4.61. The Morgan fingerprint density at radius 2 is 1.86 bits per heavy atom. The van der Waals surface area contributed by atoms with Crippen molar-refractivity contribution in [3.63, 3.8) is 0 Å². The number of hydrogen-bond acceptors (Lipinski definition) is 4. The minimum Gasteiger partial charge on any atom is -0.434 e. The molecule has 0 saturated carbocycles. The topological polar surface area (TPSA) is 67.5 Å². The van der Waals surface area contributed by atoms with Gasteiger partial charge < -0.3 is 19.4 Å². The minimum atomic E-state index is -2.96. The molecule has 1 aliphatic rings. The lowest BCUT2D eigenvalue weighted by molar-refractivity contribution is -0.128. The number of aromatic amines is 1. The number of ether oxygens (including phenoxy) is 2. The quantitative estimate of drug-likeness (QED) is 0.666. The van der Waals surface area contributed by atoms with Gasteiger partial charge in [-0.05, 0) is 24.3 Å². The lowest BCUT2D eigenvalue weighted by atomic mass is 10.1. The van der Waals surface area contributed by atoms with E-state index in [1.807, 2.05) is 24.3 Å². The largest absolute Gasteiger partial charge is 0.434 e. The molecule has 1 fully saturated rings. The highest BCUT2D eigenvalue weighted by molar-refractivity contribution is 6.23. The number of rotatable bonds is 5. The van der Waals surface area contributed by atoms with Crippen molar-refractivity contribution in [3.8, 4) is 5.75 Å². The van der Waals surface area contributed by atoms with Gasteiger partial charge in [-0.3, -0.25) is 4.79 Å². The standard InChI is InChI=1S/C21H19F2N3O3/c22-21(23)29-18-8-4-1-5-14(18)13-15(20(27)26-9-11-28-12-10-26)19-24-16-6-2-3-7-17(16)25-19/h1-8,13,21H,9-12H2,(H,24,25)/b15-13+. The summed E-state index contributed by atoms with van der Waals surface area (Å²) in [5.41, 5.74) is 2.12. The zero-order valence-electron chi connectivity index (χ0n) is 15.5. The number of imidazole rings is 1. The second-order valence-corrected chi connectivity index (χ2v) is 6.48. The van der Waals surface area contributed by atoms with Crippen LogP contribution in [0, 0.1) is 0 Å². The third kappa shape index (κ3) is 4.27. The van der Waals surface area contributed by atoms with E-state index >= 15 is 0 Å². The summed E-state index contributed by atoms with van der Waals surface area (Å²) in [4.78, 5) is 22.6. The molecule has 3 aromatic rings. The maximum Gasteiger partial charge on any atom is 0.387 e. The van der Waals surface area contributed by atoms with Crippen LogP contribution in [0.3, 0.4) is 0 Å². The molecular formula is C21H19F2N3O3. The Bertz CT molecular complexity index is 1010. The molecule has 1 amide bonds. The number of hydrogen-bond donors (Lipinski definition) is 1. The Labute approximate surface area is 165 Å². The Kier molecular flexibility index (Phi) is 5.53. The molecule has 4 rings (SSSR count). The maximum atomic E-state index is 13.3. The summed E-state index contributed by atoms with van der Waals surface area (Å²) in [5.74, 6) is 0.111. The van der Waals surface area contributed by atoms with E-state index < -0.39 is 6.61 Å². The van der Waals surface area contributed by atoms with Crippen molar-refractivity contribution < 1.29 is 23.0 Å². The van der Waals surface area contributed by atoms with Gasteiger partial charge in [-0.15, -0.1) is 0 Å². The van der Waals surface area contributed by atoms with Crippen LogP contribution < -0.4 is 4.74 Å². The summed E-state index contributed by atoms with van der Waals surface area (Å²) >= 11 is 0. The fourth-order valence-corrected chi connectivity index (χ4v) is 3.21. The molecule has 29 heavy (non-hydrogen) atoms. The summed E-state index contributed by atoms with van der Waals surface area (Å²) in [6, 6.07) is 13.8. The van der Waals surface area contributed by atoms with Gasteiger partial charge in [0.15, 0.2) is 0 Å². The van der Waals surface area contributed by atoms with Gasteiger partial charge in [0.25, 0.3) is 5.91 Å². The number of halogens is 2. The molecule has 1 aromatic heterocycles. The van der Waals surface area contributed by atoms with Crippen LogP contribution in [0.1, 0.15) is 11.4 Å². The first-order valence-corrected chi connectivity index (χ1v) is 9.19. The number of nitrogens with zero attached hydrogens (tertiary/aromatic N) is 2. The summed E-state index contributed by atoms with van der Waals surface area (Å²) in [6.07, 6.45) is 1.53. The van der Waals surface area contributed by atoms with Crippen LogP contribution in [-0.4, -0.2) is 53.7 Å². The molecule has 0 spiro atoms. The van der Waals surface area contributed by atoms with Gasteiger partial charge in [0.2, 0.25) is 0 Å². The first-order chi connectivity index (χ1) is 14.1. The monoisotopic (exact) mass is 399 g/mol. The molecular weight excluding hydrogens is 380 g/mol. The van der Waals surface area contributed by atoms with Gasteiger partial charge >= 0.3 is 6.61 Å². The normalized spacial score (nSPS) is 15.1. The van der Waals surface area contributed by atoms with Crippen molar-refractivity contribution in [2.45, 2.75) is 6.61 Å². The number of aromatic nitrogens is 2. The van der Waals surface area contributed by atoms with Crippen LogP contribution in [0.25, 0.3) is 22.7 Å². The molecule has 6 nitrogen and oxygen atoms in total. The number of fused-ring (bicyclic) bond motifs is 1. The van der Waals surface area contributed by atoms with Crippen molar-refractivity contribution in [1.29, 1.82) is 0 Å². The van der Waals surface area contributed by atoms with Crippen LogP contribution in [-0.2, 0) is 9.53 Å². The Morgan fingerprint density at radius 1 is 1.14 bits per heavy atom. The number of amides is 1. The maximum absolute atomic E-state index is 13.3. The van der Waals surface area contributed by atoms with E-state index in [0.717, 1.165) is 5.52 Å². The average molecular weight is 399 g/mol. The molecule has 1 aliphatic heterocycles. The first-order valence-electron chi connectivity index (χ1n) is 9.19. The van der Waals surface area contributed by atoms with E-state index in [1.165, 1.54) is 12.1 Å². The number of carbonyl (C=O) groups excluding carboxylic acids is 1. The number of morpholine rings is 1. The fourth-order valence-electron chi connectivity index (χ4n) is 3.21. The Balaban J connectivity index is 1.80. The molecule has 1 saturated heterocycles. The van der Waals surface area contributed by atoms with Crippen molar-refractivity contribution in [3.05, 3.63) is 59.9 Å². The summed E-state index contributed by atoms with van der Waals surface area (Å²) in [6.45, 7) is -1.17. The number of nitrogens with one attached hydrogen (secondary N) is 1. The fraction of sp³-hybridized carbons (Fsp3) is 0.238. The molecule has 0 aliphatic carbocycles. The van der Waals surface area contributed by atoms with Gasteiger partial charge in [-0.2, -0.15) is 8.78 Å². The van der Waals surface area contributed by atoms with E-state index in [1.54, 1.807) is 23.1 Å². The third-order valence-electron chi connectivity index (χ3n) is 4.61. The number of benzene rings is 2. The van der Waals surface area contributed by atoms with Crippen LogP contribution in [0.4, 0.5) is 8.78 Å².